The van der Waals surface area contributed by atoms with Gasteiger partial charge in [-0.3, -0.25) is 0 Å². The van der Waals surface area contributed by atoms with E-state index in [4.69, 9.17) is 14.7 Å². The Morgan fingerprint density at radius 3 is 2.80 bits per heavy atom. The first-order valence-electron chi connectivity index (χ1n) is 5.78. The van der Waals surface area contributed by atoms with Crippen molar-refractivity contribution in [3.63, 3.8) is 0 Å². The second-order valence-corrected chi connectivity index (χ2v) is 4.41. The van der Waals surface area contributed by atoms with Gasteiger partial charge in [0.25, 0.3) is 0 Å². The SMILES string of the molecule is COCCCOC1CC(C)CCC1C#N. The second kappa shape index (κ2) is 6.81. The zero-order valence-corrected chi connectivity index (χ0v) is 9.74. The number of rotatable bonds is 5. The van der Waals surface area contributed by atoms with E-state index in [9.17, 15) is 0 Å². The predicted molar refractivity (Wildman–Crippen MR) is 58.4 cm³/mol. The molecule has 0 radical (unpaired) electrons. The highest BCUT2D eigenvalue weighted by Gasteiger charge is 2.28. The molecule has 3 nitrogen and oxygen atoms in total. The Balaban J connectivity index is 2.26. The number of nitriles is 1. The third-order valence-corrected chi connectivity index (χ3v) is 3.04. The van der Waals surface area contributed by atoms with Crippen LogP contribution in [0.2, 0.25) is 0 Å². The molecule has 1 saturated carbocycles. The normalized spacial score (nSPS) is 31.1. The summed E-state index contributed by atoms with van der Waals surface area (Å²) in [6.07, 6.45) is 4.25. The molecule has 0 saturated heterocycles. The molecule has 0 aromatic heterocycles. The highest BCUT2D eigenvalue weighted by Crippen LogP contribution is 2.30. The van der Waals surface area contributed by atoms with E-state index in [1.54, 1.807) is 7.11 Å². The fraction of sp³-hybridized carbons (Fsp3) is 0.917. The monoisotopic (exact) mass is 211 g/mol. The van der Waals surface area contributed by atoms with E-state index >= 15 is 0 Å². The molecule has 3 atom stereocenters. The molecule has 15 heavy (non-hydrogen) atoms. The summed E-state index contributed by atoms with van der Waals surface area (Å²) in [4.78, 5) is 0. The van der Waals surface area contributed by atoms with Crippen molar-refractivity contribution in [3.05, 3.63) is 0 Å². The minimum atomic E-state index is 0.101. The van der Waals surface area contributed by atoms with Gasteiger partial charge in [0, 0.05) is 20.3 Å². The first-order valence-corrected chi connectivity index (χ1v) is 5.78. The Hall–Kier alpha value is -0.590. The lowest BCUT2D eigenvalue weighted by Gasteiger charge is -2.30. The largest absolute Gasteiger partial charge is 0.385 e. The van der Waals surface area contributed by atoms with E-state index in [-0.39, 0.29) is 12.0 Å². The molecule has 0 aliphatic heterocycles. The van der Waals surface area contributed by atoms with Gasteiger partial charge in [-0.2, -0.15) is 5.26 Å². The molecule has 0 aromatic rings. The summed E-state index contributed by atoms with van der Waals surface area (Å²) in [6, 6.07) is 2.36. The summed E-state index contributed by atoms with van der Waals surface area (Å²) in [5.74, 6) is 0.797. The van der Waals surface area contributed by atoms with Crippen LogP contribution in [0.1, 0.15) is 32.6 Å². The predicted octanol–water partition coefficient (Wildman–Crippen LogP) is 2.37. The van der Waals surface area contributed by atoms with Crippen LogP contribution in [0.3, 0.4) is 0 Å². The van der Waals surface area contributed by atoms with Crippen molar-refractivity contribution in [2.75, 3.05) is 20.3 Å². The van der Waals surface area contributed by atoms with Gasteiger partial charge < -0.3 is 9.47 Å². The topological polar surface area (TPSA) is 42.2 Å². The molecule has 1 aliphatic rings. The average molecular weight is 211 g/mol. The van der Waals surface area contributed by atoms with Crippen LogP contribution in [0, 0.1) is 23.2 Å². The number of hydrogen-bond donors (Lipinski definition) is 0. The number of hydrogen-bond acceptors (Lipinski definition) is 3. The van der Waals surface area contributed by atoms with Crippen LogP contribution in [0.5, 0.6) is 0 Å². The Kier molecular flexibility index (Phi) is 5.67. The van der Waals surface area contributed by atoms with Crippen molar-refractivity contribution in [1.29, 1.82) is 5.26 Å². The van der Waals surface area contributed by atoms with Gasteiger partial charge in [-0.1, -0.05) is 6.92 Å². The summed E-state index contributed by atoms with van der Waals surface area (Å²) in [6.45, 7) is 3.68. The molecule has 0 spiro atoms. The summed E-state index contributed by atoms with van der Waals surface area (Å²) >= 11 is 0. The summed E-state index contributed by atoms with van der Waals surface area (Å²) in [5, 5.41) is 9.00. The number of ether oxygens (including phenoxy) is 2. The molecule has 0 bridgehead atoms. The molecular formula is C12H21NO2. The van der Waals surface area contributed by atoms with Gasteiger partial charge in [-0.25, -0.2) is 0 Å². The van der Waals surface area contributed by atoms with E-state index < -0.39 is 0 Å². The van der Waals surface area contributed by atoms with Crippen LogP contribution in [-0.4, -0.2) is 26.4 Å². The van der Waals surface area contributed by atoms with Crippen molar-refractivity contribution in [1.82, 2.24) is 0 Å². The smallest absolute Gasteiger partial charge is 0.0735 e. The molecule has 3 unspecified atom stereocenters. The van der Waals surface area contributed by atoms with Crippen molar-refractivity contribution >= 4 is 0 Å². The Bertz CT molecular complexity index is 212. The lowest BCUT2D eigenvalue weighted by Crippen LogP contribution is -2.30. The molecule has 3 heteroatoms. The van der Waals surface area contributed by atoms with Gasteiger partial charge in [-0.05, 0) is 31.6 Å². The molecule has 1 rings (SSSR count). The summed E-state index contributed by atoms with van der Waals surface area (Å²) < 4.78 is 10.7. The highest BCUT2D eigenvalue weighted by atomic mass is 16.5. The van der Waals surface area contributed by atoms with E-state index in [2.05, 4.69) is 13.0 Å². The van der Waals surface area contributed by atoms with E-state index in [1.165, 1.54) is 0 Å². The fourth-order valence-corrected chi connectivity index (χ4v) is 2.10. The number of methoxy groups -OCH3 is 1. The van der Waals surface area contributed by atoms with Gasteiger partial charge >= 0.3 is 0 Å². The summed E-state index contributed by atoms with van der Waals surface area (Å²) in [7, 11) is 1.70. The van der Waals surface area contributed by atoms with E-state index in [1.807, 2.05) is 0 Å². The first kappa shape index (κ1) is 12.5. The first-order chi connectivity index (χ1) is 7.27. The van der Waals surface area contributed by atoms with Gasteiger partial charge in [0.2, 0.25) is 0 Å². The molecule has 1 aliphatic carbocycles. The van der Waals surface area contributed by atoms with Crippen LogP contribution in [0.15, 0.2) is 0 Å². The molecule has 0 aromatic carbocycles. The standard InChI is InChI=1S/C12H21NO2/c1-10-4-5-11(9-13)12(8-10)15-7-3-6-14-2/h10-12H,3-8H2,1-2H3. The molecule has 0 amide bonds. The van der Waals surface area contributed by atoms with Crippen LogP contribution >= 0.6 is 0 Å². The molecule has 0 heterocycles. The third-order valence-electron chi connectivity index (χ3n) is 3.04. The van der Waals surface area contributed by atoms with Crippen LogP contribution in [0.4, 0.5) is 0 Å². The average Bonchev–Trinajstić information content (AvgIpc) is 2.25. The molecule has 0 N–H and O–H groups in total. The van der Waals surface area contributed by atoms with Crippen molar-refractivity contribution < 1.29 is 9.47 Å². The lowest BCUT2D eigenvalue weighted by molar-refractivity contribution is -0.0138. The molecular weight excluding hydrogens is 190 g/mol. The lowest BCUT2D eigenvalue weighted by atomic mass is 9.81. The van der Waals surface area contributed by atoms with E-state index in [0.717, 1.165) is 32.3 Å². The third kappa shape index (κ3) is 4.19. The van der Waals surface area contributed by atoms with Crippen molar-refractivity contribution in [2.45, 2.75) is 38.7 Å². The maximum Gasteiger partial charge on any atom is 0.0735 e. The Labute approximate surface area is 92.4 Å². The minimum Gasteiger partial charge on any atom is -0.385 e. The quantitative estimate of drug-likeness (QED) is 0.656. The fourth-order valence-electron chi connectivity index (χ4n) is 2.10. The Morgan fingerprint density at radius 2 is 2.13 bits per heavy atom. The van der Waals surface area contributed by atoms with E-state index in [0.29, 0.717) is 12.5 Å². The van der Waals surface area contributed by atoms with Crippen LogP contribution < -0.4 is 0 Å². The zero-order chi connectivity index (χ0) is 11.1. The Morgan fingerprint density at radius 1 is 1.33 bits per heavy atom. The summed E-state index contributed by atoms with van der Waals surface area (Å²) in [5.41, 5.74) is 0. The highest BCUT2D eigenvalue weighted by molar-refractivity contribution is 4.93. The van der Waals surface area contributed by atoms with Crippen molar-refractivity contribution in [2.24, 2.45) is 11.8 Å². The van der Waals surface area contributed by atoms with Crippen molar-refractivity contribution in [3.8, 4) is 6.07 Å². The maximum atomic E-state index is 9.00. The van der Waals surface area contributed by atoms with Crippen LogP contribution in [0.25, 0.3) is 0 Å². The van der Waals surface area contributed by atoms with Crippen LogP contribution in [-0.2, 0) is 9.47 Å². The maximum absolute atomic E-state index is 9.00. The number of nitrogens with zero attached hydrogens (tertiary/aromatic N) is 1. The second-order valence-electron chi connectivity index (χ2n) is 4.41. The van der Waals surface area contributed by atoms with Gasteiger partial charge in [0.05, 0.1) is 18.1 Å². The molecule has 1 fully saturated rings. The minimum absolute atomic E-state index is 0.101. The van der Waals surface area contributed by atoms with Gasteiger partial charge in [0.15, 0.2) is 0 Å². The van der Waals surface area contributed by atoms with Gasteiger partial charge in [0.1, 0.15) is 0 Å². The molecule has 86 valence electrons. The van der Waals surface area contributed by atoms with Gasteiger partial charge in [-0.15, -0.1) is 0 Å². The zero-order valence-electron chi connectivity index (χ0n) is 9.74.